The van der Waals surface area contributed by atoms with Crippen molar-refractivity contribution in [2.75, 3.05) is 6.54 Å². The average Bonchev–Trinajstić information content (AvgIpc) is 3.26. The van der Waals surface area contributed by atoms with E-state index >= 15 is 0 Å². The Morgan fingerprint density at radius 2 is 1.89 bits per heavy atom. The van der Waals surface area contributed by atoms with Gasteiger partial charge < -0.3 is 15.0 Å². The van der Waals surface area contributed by atoms with Gasteiger partial charge in [-0.25, -0.2) is 4.98 Å². The maximum absolute atomic E-state index is 12.7. The van der Waals surface area contributed by atoms with E-state index < -0.39 is 5.60 Å². The van der Waals surface area contributed by atoms with Crippen LogP contribution in [-0.4, -0.2) is 47.7 Å². The van der Waals surface area contributed by atoms with E-state index in [9.17, 15) is 9.90 Å². The lowest BCUT2D eigenvalue weighted by Crippen LogP contribution is -2.33. The molecule has 8 heteroatoms. The minimum absolute atomic E-state index is 0.250. The van der Waals surface area contributed by atoms with Crippen LogP contribution in [0.5, 0.6) is 0 Å². The second-order valence-electron chi connectivity index (χ2n) is 7.30. The number of nitrogens with one attached hydrogen (secondary N) is 1. The van der Waals surface area contributed by atoms with Crippen molar-refractivity contribution in [1.29, 1.82) is 0 Å². The predicted molar refractivity (Wildman–Crippen MR) is 99.4 cm³/mol. The van der Waals surface area contributed by atoms with Crippen LogP contribution in [0.3, 0.4) is 0 Å². The molecule has 1 aliphatic rings. The van der Waals surface area contributed by atoms with Crippen molar-refractivity contribution < 1.29 is 9.90 Å². The SMILES string of the molecule is Cc1cnc(Cn2cc(C(=O)NCC3(O)CC3)c3ncc(C)nc32)c(C)n1. The van der Waals surface area contributed by atoms with Gasteiger partial charge in [-0.3, -0.25) is 19.7 Å². The minimum atomic E-state index is -0.745. The fraction of sp³-hybridized carbons (Fsp3) is 0.421. The Bertz CT molecular complexity index is 1040. The molecule has 0 aliphatic heterocycles. The molecule has 0 bridgehead atoms. The summed E-state index contributed by atoms with van der Waals surface area (Å²) in [6.45, 7) is 6.39. The third-order valence-electron chi connectivity index (χ3n) is 4.83. The smallest absolute Gasteiger partial charge is 0.255 e. The molecule has 2 N–H and O–H groups in total. The van der Waals surface area contributed by atoms with E-state index in [1.807, 2.05) is 25.3 Å². The molecule has 1 saturated carbocycles. The topological polar surface area (TPSA) is 106 Å². The summed E-state index contributed by atoms with van der Waals surface area (Å²) < 4.78 is 1.88. The number of carbonyl (C=O) groups is 1. The monoisotopic (exact) mass is 366 g/mol. The van der Waals surface area contributed by atoms with Gasteiger partial charge in [-0.2, -0.15) is 0 Å². The second kappa shape index (κ2) is 6.38. The first-order valence-corrected chi connectivity index (χ1v) is 8.97. The van der Waals surface area contributed by atoms with Crippen LogP contribution in [0.15, 0.2) is 18.6 Å². The number of aryl methyl sites for hydroxylation is 3. The van der Waals surface area contributed by atoms with E-state index in [1.165, 1.54) is 0 Å². The van der Waals surface area contributed by atoms with Crippen molar-refractivity contribution in [3.63, 3.8) is 0 Å². The van der Waals surface area contributed by atoms with Crippen LogP contribution < -0.4 is 5.32 Å². The van der Waals surface area contributed by atoms with E-state index in [0.717, 1.165) is 35.6 Å². The highest BCUT2D eigenvalue weighted by molar-refractivity contribution is 6.04. The summed E-state index contributed by atoms with van der Waals surface area (Å²) in [5.41, 5.74) is 4.17. The molecule has 3 aromatic heterocycles. The quantitative estimate of drug-likeness (QED) is 0.708. The lowest BCUT2D eigenvalue weighted by Gasteiger charge is -2.08. The molecule has 140 valence electrons. The molecule has 4 rings (SSSR count). The van der Waals surface area contributed by atoms with E-state index in [4.69, 9.17) is 0 Å². The molecular weight excluding hydrogens is 344 g/mol. The summed E-state index contributed by atoms with van der Waals surface area (Å²) in [6.07, 6.45) is 6.57. The zero-order valence-electron chi connectivity index (χ0n) is 15.7. The molecule has 3 aromatic rings. The fourth-order valence-corrected chi connectivity index (χ4v) is 3.02. The molecule has 3 heterocycles. The first-order valence-electron chi connectivity index (χ1n) is 8.97. The van der Waals surface area contributed by atoms with Crippen LogP contribution in [0.1, 0.15) is 46.0 Å². The van der Waals surface area contributed by atoms with Gasteiger partial charge in [-0.1, -0.05) is 0 Å². The molecule has 0 atom stereocenters. The Labute approximate surface area is 156 Å². The van der Waals surface area contributed by atoms with Crippen molar-refractivity contribution in [3.05, 3.63) is 46.9 Å². The number of amides is 1. The molecule has 0 unspecified atom stereocenters. The molecule has 0 spiro atoms. The highest BCUT2D eigenvalue weighted by Crippen LogP contribution is 2.34. The van der Waals surface area contributed by atoms with Crippen molar-refractivity contribution in [3.8, 4) is 0 Å². The van der Waals surface area contributed by atoms with E-state index in [1.54, 1.807) is 18.6 Å². The third kappa shape index (κ3) is 3.52. The normalized spacial score (nSPS) is 15.1. The molecule has 1 amide bonds. The zero-order chi connectivity index (χ0) is 19.2. The summed E-state index contributed by atoms with van der Waals surface area (Å²) in [5, 5.41) is 12.8. The van der Waals surface area contributed by atoms with Gasteiger partial charge in [0.15, 0.2) is 5.65 Å². The number of hydrogen-bond donors (Lipinski definition) is 2. The number of aromatic nitrogens is 5. The summed E-state index contributed by atoms with van der Waals surface area (Å²) in [7, 11) is 0. The largest absolute Gasteiger partial charge is 0.388 e. The number of nitrogens with zero attached hydrogens (tertiary/aromatic N) is 5. The standard InChI is InChI=1S/C19H22N6O2/c1-11-6-20-15(13(3)23-11)9-25-8-14(16-17(25)24-12(2)7-21-16)18(26)22-10-19(27)4-5-19/h6-8,27H,4-5,9-10H2,1-3H3,(H,22,26). The van der Waals surface area contributed by atoms with Crippen molar-refractivity contribution in [1.82, 2.24) is 29.8 Å². The van der Waals surface area contributed by atoms with Gasteiger partial charge in [0.2, 0.25) is 0 Å². The van der Waals surface area contributed by atoms with Crippen molar-refractivity contribution in [2.45, 2.75) is 45.8 Å². The van der Waals surface area contributed by atoms with E-state index in [0.29, 0.717) is 23.3 Å². The van der Waals surface area contributed by atoms with Gasteiger partial charge in [0.25, 0.3) is 5.91 Å². The first-order chi connectivity index (χ1) is 12.8. The Morgan fingerprint density at radius 1 is 1.19 bits per heavy atom. The van der Waals surface area contributed by atoms with Crippen LogP contribution >= 0.6 is 0 Å². The second-order valence-corrected chi connectivity index (χ2v) is 7.30. The zero-order valence-corrected chi connectivity index (χ0v) is 15.7. The Hall–Kier alpha value is -2.87. The molecular formula is C19H22N6O2. The Morgan fingerprint density at radius 3 is 2.59 bits per heavy atom. The molecule has 0 aromatic carbocycles. The van der Waals surface area contributed by atoms with Gasteiger partial charge >= 0.3 is 0 Å². The highest BCUT2D eigenvalue weighted by Gasteiger charge is 2.40. The van der Waals surface area contributed by atoms with Gasteiger partial charge in [-0.05, 0) is 33.6 Å². The van der Waals surface area contributed by atoms with Gasteiger partial charge in [-0.15, -0.1) is 0 Å². The van der Waals surface area contributed by atoms with Crippen molar-refractivity contribution >= 4 is 17.1 Å². The van der Waals surface area contributed by atoms with Gasteiger partial charge in [0, 0.05) is 25.1 Å². The highest BCUT2D eigenvalue weighted by atomic mass is 16.3. The third-order valence-corrected chi connectivity index (χ3v) is 4.83. The van der Waals surface area contributed by atoms with Crippen LogP contribution in [0.2, 0.25) is 0 Å². The van der Waals surface area contributed by atoms with E-state index in [-0.39, 0.29) is 12.5 Å². The summed E-state index contributed by atoms with van der Waals surface area (Å²) in [4.78, 5) is 30.6. The minimum Gasteiger partial charge on any atom is -0.388 e. The average molecular weight is 366 g/mol. The predicted octanol–water partition coefficient (Wildman–Crippen LogP) is 1.45. The van der Waals surface area contributed by atoms with Gasteiger partial charge in [0.1, 0.15) is 5.52 Å². The summed E-state index contributed by atoms with van der Waals surface area (Å²) in [5.74, 6) is -0.260. The van der Waals surface area contributed by atoms with Gasteiger partial charge in [0.05, 0.1) is 40.5 Å². The Balaban J connectivity index is 1.69. The number of hydrogen-bond acceptors (Lipinski definition) is 6. The van der Waals surface area contributed by atoms with Crippen LogP contribution in [0, 0.1) is 20.8 Å². The molecule has 27 heavy (non-hydrogen) atoms. The molecule has 1 fully saturated rings. The summed E-state index contributed by atoms with van der Waals surface area (Å²) in [6, 6.07) is 0. The Kier molecular flexibility index (Phi) is 4.15. The maximum atomic E-state index is 12.7. The number of carbonyl (C=O) groups excluding carboxylic acids is 1. The van der Waals surface area contributed by atoms with Crippen molar-refractivity contribution in [2.24, 2.45) is 0 Å². The van der Waals surface area contributed by atoms with Crippen LogP contribution in [0.4, 0.5) is 0 Å². The molecule has 1 aliphatic carbocycles. The first kappa shape index (κ1) is 17.5. The fourth-order valence-electron chi connectivity index (χ4n) is 3.02. The molecule has 0 saturated heterocycles. The molecule has 8 nitrogen and oxygen atoms in total. The number of fused-ring (bicyclic) bond motifs is 1. The maximum Gasteiger partial charge on any atom is 0.255 e. The lowest BCUT2D eigenvalue weighted by molar-refractivity contribution is 0.0897. The lowest BCUT2D eigenvalue weighted by atomic mass is 10.2. The van der Waals surface area contributed by atoms with E-state index in [2.05, 4.69) is 25.3 Å². The van der Waals surface area contributed by atoms with Crippen LogP contribution in [0.25, 0.3) is 11.2 Å². The van der Waals surface area contributed by atoms with Crippen LogP contribution in [-0.2, 0) is 6.54 Å². The number of aliphatic hydroxyl groups is 1. The number of rotatable bonds is 5. The molecule has 0 radical (unpaired) electrons. The summed E-state index contributed by atoms with van der Waals surface area (Å²) >= 11 is 0.